The molecule has 5 nitrogen and oxygen atoms in total. The summed E-state index contributed by atoms with van der Waals surface area (Å²) < 4.78 is 41.5. The van der Waals surface area contributed by atoms with E-state index in [9.17, 15) is 18.0 Å². The van der Waals surface area contributed by atoms with Crippen molar-refractivity contribution in [3.63, 3.8) is 0 Å². The van der Waals surface area contributed by atoms with Gasteiger partial charge in [0.05, 0.1) is 5.69 Å². The predicted octanol–water partition coefficient (Wildman–Crippen LogP) is 4.06. The Morgan fingerprint density at radius 3 is 2.37 bits per heavy atom. The van der Waals surface area contributed by atoms with Crippen LogP contribution in [0.15, 0.2) is 43.8 Å². The fourth-order valence-electron chi connectivity index (χ4n) is 1.19. The fraction of sp³-hybridized carbons (Fsp3) is 0.100. The molecule has 1 heterocycles. The fourth-order valence-corrected chi connectivity index (χ4v) is 1.32. The molecule has 1 aromatic carbocycles. The van der Waals surface area contributed by atoms with Gasteiger partial charge in [-0.3, -0.25) is 0 Å². The van der Waals surface area contributed by atoms with Gasteiger partial charge in [0.2, 0.25) is 5.69 Å². The van der Waals surface area contributed by atoms with Gasteiger partial charge in [-0.25, -0.2) is 9.95 Å². The molecule has 0 spiro atoms. The number of hydrogen-bond donors (Lipinski definition) is 1. The highest BCUT2D eigenvalue weighted by Crippen LogP contribution is 2.33. The molecule has 1 aromatic heterocycles. The zero-order valence-electron chi connectivity index (χ0n) is 9.03. The van der Waals surface area contributed by atoms with Crippen molar-refractivity contribution in [3.8, 4) is 0 Å². The van der Waals surface area contributed by atoms with Gasteiger partial charge >= 0.3 is 11.8 Å². The number of nitrogens with one attached hydrogen (secondary N) is 1. The highest BCUT2D eigenvalue weighted by atomic mass is 35.5. The number of benzene rings is 1. The highest BCUT2D eigenvalue weighted by molar-refractivity contribution is 6.30. The Labute approximate surface area is 108 Å². The highest BCUT2D eigenvalue weighted by Gasteiger charge is 2.38. The number of aromatic nitrogens is 1. The number of rotatable bonds is 2. The molecule has 0 saturated heterocycles. The molecule has 0 amide bonds. The largest absolute Gasteiger partial charge is 0.436 e. The summed E-state index contributed by atoms with van der Waals surface area (Å²) in [4.78, 5) is 11.1. The standard InChI is InChI=1S/C10H5ClF3N3O2/c11-5-1-3-6(4-2-5)15-16-7-8(10(12,13)14)17-19-9(7)18/h1-4,17H. The van der Waals surface area contributed by atoms with Gasteiger partial charge < -0.3 is 4.52 Å². The first-order chi connectivity index (χ1) is 8.88. The maximum absolute atomic E-state index is 12.5. The van der Waals surface area contributed by atoms with Crippen molar-refractivity contribution >= 4 is 23.0 Å². The van der Waals surface area contributed by atoms with Gasteiger partial charge in [0.25, 0.3) is 0 Å². The van der Waals surface area contributed by atoms with Crippen molar-refractivity contribution in [1.82, 2.24) is 5.16 Å². The lowest BCUT2D eigenvalue weighted by molar-refractivity contribution is -0.142. The van der Waals surface area contributed by atoms with Gasteiger partial charge in [-0.15, -0.1) is 5.11 Å². The summed E-state index contributed by atoms with van der Waals surface area (Å²) in [6, 6.07) is 5.85. The van der Waals surface area contributed by atoms with Crippen molar-refractivity contribution in [2.24, 2.45) is 10.2 Å². The summed E-state index contributed by atoms with van der Waals surface area (Å²) in [7, 11) is 0. The molecule has 0 radical (unpaired) electrons. The summed E-state index contributed by atoms with van der Waals surface area (Å²) in [5.41, 5.74) is -3.30. The van der Waals surface area contributed by atoms with Crippen molar-refractivity contribution in [3.05, 3.63) is 45.4 Å². The van der Waals surface area contributed by atoms with Crippen LogP contribution in [0.4, 0.5) is 24.5 Å². The Morgan fingerprint density at radius 2 is 1.79 bits per heavy atom. The molecule has 0 aliphatic rings. The van der Waals surface area contributed by atoms with Gasteiger partial charge in [0.1, 0.15) is 0 Å². The van der Waals surface area contributed by atoms with Gasteiger partial charge in [0, 0.05) is 5.02 Å². The van der Waals surface area contributed by atoms with Crippen LogP contribution in [0.2, 0.25) is 5.02 Å². The van der Waals surface area contributed by atoms with E-state index in [1.165, 1.54) is 29.4 Å². The van der Waals surface area contributed by atoms with Crippen LogP contribution in [-0.2, 0) is 6.18 Å². The van der Waals surface area contributed by atoms with Gasteiger partial charge in [-0.1, -0.05) is 11.6 Å². The van der Waals surface area contributed by atoms with Crippen LogP contribution in [0.25, 0.3) is 0 Å². The Kier molecular flexibility index (Phi) is 3.43. The third kappa shape index (κ3) is 3.02. The second-order valence-corrected chi connectivity index (χ2v) is 3.83. The second kappa shape index (κ2) is 4.88. The first-order valence-corrected chi connectivity index (χ1v) is 5.21. The molecule has 0 aliphatic heterocycles. The zero-order valence-corrected chi connectivity index (χ0v) is 9.79. The van der Waals surface area contributed by atoms with Gasteiger partial charge in [-0.2, -0.15) is 18.3 Å². The van der Waals surface area contributed by atoms with Crippen LogP contribution in [-0.4, -0.2) is 5.16 Å². The number of hydrogen-bond acceptors (Lipinski definition) is 4. The molecule has 0 fully saturated rings. The maximum atomic E-state index is 12.5. The minimum Gasteiger partial charge on any atom is -0.336 e. The number of nitrogens with zero attached hydrogens (tertiary/aromatic N) is 2. The Balaban J connectivity index is 2.36. The molecule has 9 heteroatoms. The quantitative estimate of drug-likeness (QED) is 0.848. The van der Waals surface area contributed by atoms with Crippen LogP contribution in [0, 0.1) is 0 Å². The van der Waals surface area contributed by atoms with E-state index >= 15 is 0 Å². The lowest BCUT2D eigenvalue weighted by Gasteiger charge is -2.01. The topological polar surface area (TPSA) is 70.7 Å². The molecular weight excluding hydrogens is 287 g/mol. The normalized spacial score (nSPS) is 12.2. The molecule has 19 heavy (non-hydrogen) atoms. The van der Waals surface area contributed by atoms with Crippen molar-refractivity contribution in [1.29, 1.82) is 0 Å². The lowest BCUT2D eigenvalue weighted by Crippen LogP contribution is -2.06. The summed E-state index contributed by atoms with van der Waals surface area (Å²) in [6.07, 6.45) is -4.78. The lowest BCUT2D eigenvalue weighted by atomic mass is 10.3. The van der Waals surface area contributed by atoms with Crippen LogP contribution in [0.5, 0.6) is 0 Å². The van der Waals surface area contributed by atoms with Crippen LogP contribution >= 0.6 is 11.6 Å². The molecule has 0 aliphatic carbocycles. The second-order valence-electron chi connectivity index (χ2n) is 3.39. The number of alkyl halides is 3. The van der Waals surface area contributed by atoms with E-state index in [4.69, 9.17) is 11.6 Å². The monoisotopic (exact) mass is 291 g/mol. The Bertz CT molecular complexity index is 658. The molecule has 0 saturated carbocycles. The van der Waals surface area contributed by atoms with Crippen molar-refractivity contribution in [2.75, 3.05) is 0 Å². The average molecular weight is 292 g/mol. The third-order valence-corrected chi connectivity index (χ3v) is 2.30. The Hall–Kier alpha value is -2.09. The molecule has 100 valence electrons. The molecule has 0 unspecified atom stereocenters. The summed E-state index contributed by atoms with van der Waals surface area (Å²) in [5.74, 6) is 0. The van der Waals surface area contributed by atoms with Crippen LogP contribution in [0.1, 0.15) is 5.69 Å². The number of aromatic amines is 1. The number of H-pyrrole nitrogens is 1. The van der Waals surface area contributed by atoms with E-state index in [0.29, 0.717) is 5.02 Å². The van der Waals surface area contributed by atoms with Crippen LogP contribution in [0.3, 0.4) is 0 Å². The number of halogens is 4. The number of azo groups is 1. The maximum Gasteiger partial charge on any atom is 0.436 e. The first-order valence-electron chi connectivity index (χ1n) is 4.84. The van der Waals surface area contributed by atoms with E-state index in [0.717, 1.165) is 0 Å². The van der Waals surface area contributed by atoms with Gasteiger partial charge in [-0.05, 0) is 24.3 Å². The van der Waals surface area contributed by atoms with E-state index in [-0.39, 0.29) is 5.69 Å². The molecule has 2 aromatic rings. The predicted molar refractivity (Wildman–Crippen MR) is 60.0 cm³/mol. The molecular formula is C10H5ClF3N3O2. The minimum atomic E-state index is -4.78. The summed E-state index contributed by atoms with van der Waals surface area (Å²) >= 11 is 5.63. The molecule has 1 N–H and O–H groups in total. The van der Waals surface area contributed by atoms with Crippen LogP contribution < -0.4 is 5.63 Å². The average Bonchev–Trinajstić information content (AvgIpc) is 2.70. The van der Waals surface area contributed by atoms with Crippen molar-refractivity contribution in [2.45, 2.75) is 6.18 Å². The molecule has 0 atom stereocenters. The Morgan fingerprint density at radius 1 is 1.16 bits per heavy atom. The molecule has 0 bridgehead atoms. The first kappa shape index (κ1) is 13.3. The summed E-state index contributed by atoms with van der Waals surface area (Å²) in [6.45, 7) is 0. The van der Waals surface area contributed by atoms with E-state index in [1.54, 1.807) is 0 Å². The zero-order chi connectivity index (χ0) is 14.0. The minimum absolute atomic E-state index is 0.248. The van der Waals surface area contributed by atoms with Gasteiger partial charge in [0.15, 0.2) is 5.69 Å². The SMILES string of the molecule is O=c1o[nH]c(C(F)(F)F)c1N=Nc1ccc(Cl)cc1. The van der Waals surface area contributed by atoms with E-state index in [1.807, 2.05) is 0 Å². The molecule has 2 rings (SSSR count). The van der Waals surface area contributed by atoms with Crippen molar-refractivity contribution < 1.29 is 17.7 Å². The summed E-state index contributed by atoms with van der Waals surface area (Å²) in [5, 5.41) is 8.68. The third-order valence-electron chi connectivity index (χ3n) is 2.05. The smallest absolute Gasteiger partial charge is 0.336 e. The van der Waals surface area contributed by atoms with E-state index < -0.39 is 23.2 Å². The van der Waals surface area contributed by atoms with E-state index in [2.05, 4.69) is 14.8 Å².